The van der Waals surface area contributed by atoms with Crippen LogP contribution in [0.25, 0.3) is 11.3 Å². The van der Waals surface area contributed by atoms with Crippen LogP contribution in [0.3, 0.4) is 0 Å². The van der Waals surface area contributed by atoms with Crippen molar-refractivity contribution in [2.45, 2.75) is 30.7 Å². The van der Waals surface area contributed by atoms with Crippen molar-refractivity contribution in [1.29, 1.82) is 0 Å². The molecule has 1 aromatic carbocycles. The second-order valence-electron chi connectivity index (χ2n) is 6.78. The van der Waals surface area contributed by atoms with E-state index >= 15 is 0 Å². The first-order valence-corrected chi connectivity index (χ1v) is 10.3. The molecule has 0 aliphatic carbocycles. The number of aromatic nitrogens is 4. The molecule has 142 valence electrons. The highest BCUT2D eigenvalue weighted by atomic mass is 35.5. The van der Waals surface area contributed by atoms with E-state index in [2.05, 4.69) is 48.1 Å². The van der Waals surface area contributed by atoms with Crippen LogP contribution in [0, 0.1) is 0 Å². The Balaban J connectivity index is 1.57. The summed E-state index contributed by atoms with van der Waals surface area (Å²) >= 11 is 7.51. The first-order chi connectivity index (χ1) is 13.5. The topological polar surface area (TPSA) is 52.2 Å². The molecule has 0 saturated heterocycles. The maximum atomic E-state index is 12.3. The Bertz CT molecular complexity index is 1180. The van der Waals surface area contributed by atoms with Crippen molar-refractivity contribution in [2.75, 3.05) is 0 Å². The van der Waals surface area contributed by atoms with Crippen LogP contribution >= 0.6 is 23.4 Å². The Hall–Kier alpha value is -2.57. The van der Waals surface area contributed by atoms with Gasteiger partial charge in [0.05, 0.1) is 10.7 Å². The number of fused-ring (bicyclic) bond motifs is 1. The Kier molecular flexibility index (Phi) is 5.24. The summed E-state index contributed by atoms with van der Waals surface area (Å²) in [5, 5.41) is 1.36. The SMILES string of the molecule is CC(C)c1ccc(-n2ccnc2SCc2cc(=O)n3cc(Cl)ccc3n2)cc1. The number of nitrogens with zero attached hydrogens (tertiary/aromatic N) is 4. The van der Waals surface area contributed by atoms with Crippen molar-refractivity contribution in [3.63, 3.8) is 0 Å². The third-order valence-electron chi connectivity index (χ3n) is 4.47. The maximum Gasteiger partial charge on any atom is 0.258 e. The first kappa shape index (κ1) is 18.8. The van der Waals surface area contributed by atoms with Crippen molar-refractivity contribution in [3.8, 4) is 5.69 Å². The van der Waals surface area contributed by atoms with E-state index in [1.165, 1.54) is 9.96 Å². The second kappa shape index (κ2) is 7.81. The molecule has 0 aliphatic heterocycles. The zero-order valence-corrected chi connectivity index (χ0v) is 17.1. The fourth-order valence-electron chi connectivity index (χ4n) is 2.95. The van der Waals surface area contributed by atoms with Gasteiger partial charge in [-0.25, -0.2) is 9.97 Å². The lowest BCUT2D eigenvalue weighted by molar-refractivity contribution is 0.858. The van der Waals surface area contributed by atoms with Gasteiger partial charge < -0.3 is 0 Å². The lowest BCUT2D eigenvalue weighted by Crippen LogP contribution is -2.15. The lowest BCUT2D eigenvalue weighted by atomic mass is 10.0. The molecular weight excluding hydrogens is 392 g/mol. The lowest BCUT2D eigenvalue weighted by Gasteiger charge is -2.10. The standard InChI is InChI=1S/C21H19ClN4OS/c1-14(2)15-3-6-18(7-4-15)25-10-9-23-21(25)28-13-17-11-20(27)26-12-16(22)5-8-19(26)24-17/h3-12,14H,13H2,1-2H3. The largest absolute Gasteiger partial charge is 0.295 e. The van der Waals surface area contributed by atoms with Gasteiger partial charge in [-0.05, 0) is 35.7 Å². The fourth-order valence-corrected chi connectivity index (χ4v) is 3.98. The van der Waals surface area contributed by atoms with Crippen LogP contribution in [-0.4, -0.2) is 18.9 Å². The monoisotopic (exact) mass is 410 g/mol. The van der Waals surface area contributed by atoms with Crippen molar-refractivity contribution in [3.05, 3.63) is 87.7 Å². The predicted octanol–water partition coefficient (Wildman–Crippen LogP) is 4.95. The van der Waals surface area contributed by atoms with Gasteiger partial charge in [-0.2, -0.15) is 0 Å². The summed E-state index contributed by atoms with van der Waals surface area (Å²) in [7, 11) is 0. The van der Waals surface area contributed by atoms with Crippen LogP contribution in [0.15, 0.2) is 71.0 Å². The van der Waals surface area contributed by atoms with E-state index in [1.807, 2.05) is 10.8 Å². The number of halogens is 1. The molecule has 0 fully saturated rings. The summed E-state index contributed by atoms with van der Waals surface area (Å²) in [6.07, 6.45) is 5.30. The average molecular weight is 411 g/mol. The van der Waals surface area contributed by atoms with Gasteiger partial charge in [0.2, 0.25) is 0 Å². The molecule has 5 nitrogen and oxygen atoms in total. The number of thioether (sulfide) groups is 1. The van der Waals surface area contributed by atoms with Gasteiger partial charge in [0.25, 0.3) is 5.56 Å². The molecule has 3 aromatic heterocycles. The Labute approximate surface area is 172 Å². The van der Waals surface area contributed by atoms with E-state index in [9.17, 15) is 4.79 Å². The molecule has 0 bridgehead atoms. The van der Waals surface area contributed by atoms with Gasteiger partial charge >= 0.3 is 0 Å². The third-order valence-corrected chi connectivity index (χ3v) is 5.69. The quantitative estimate of drug-likeness (QED) is 0.437. The second-order valence-corrected chi connectivity index (χ2v) is 8.15. The summed E-state index contributed by atoms with van der Waals surface area (Å²) in [6.45, 7) is 4.36. The van der Waals surface area contributed by atoms with Gasteiger partial charge in [0.15, 0.2) is 5.16 Å². The average Bonchev–Trinajstić information content (AvgIpc) is 3.15. The minimum atomic E-state index is -0.143. The number of imidazole rings is 1. The maximum absolute atomic E-state index is 12.3. The van der Waals surface area contributed by atoms with Gasteiger partial charge in [0, 0.05) is 36.1 Å². The van der Waals surface area contributed by atoms with Crippen LogP contribution in [0.2, 0.25) is 5.02 Å². The summed E-state index contributed by atoms with van der Waals surface area (Å²) < 4.78 is 3.50. The highest BCUT2D eigenvalue weighted by Gasteiger charge is 2.09. The van der Waals surface area contributed by atoms with Crippen LogP contribution in [0.4, 0.5) is 0 Å². The van der Waals surface area contributed by atoms with E-state index in [0.29, 0.717) is 28.0 Å². The zero-order valence-electron chi connectivity index (χ0n) is 15.5. The fraction of sp³-hybridized carbons (Fsp3) is 0.190. The van der Waals surface area contributed by atoms with Gasteiger partial charge in [0.1, 0.15) is 5.65 Å². The molecule has 28 heavy (non-hydrogen) atoms. The molecule has 0 aliphatic rings. The first-order valence-electron chi connectivity index (χ1n) is 8.95. The summed E-state index contributed by atoms with van der Waals surface area (Å²) in [4.78, 5) is 21.3. The molecule has 0 radical (unpaired) electrons. The molecule has 0 atom stereocenters. The highest BCUT2D eigenvalue weighted by molar-refractivity contribution is 7.98. The van der Waals surface area contributed by atoms with Crippen LogP contribution in [-0.2, 0) is 5.75 Å². The van der Waals surface area contributed by atoms with Gasteiger partial charge in [-0.3, -0.25) is 13.8 Å². The minimum Gasteiger partial charge on any atom is -0.295 e. The number of rotatable bonds is 5. The van der Waals surface area contributed by atoms with E-state index in [1.54, 1.807) is 42.4 Å². The number of pyridine rings is 1. The Morgan fingerprint density at radius 2 is 1.93 bits per heavy atom. The third kappa shape index (κ3) is 3.84. The normalized spacial score (nSPS) is 11.4. The van der Waals surface area contributed by atoms with Crippen LogP contribution in [0.5, 0.6) is 0 Å². The smallest absolute Gasteiger partial charge is 0.258 e. The molecule has 0 unspecified atom stereocenters. The van der Waals surface area contributed by atoms with E-state index in [4.69, 9.17) is 11.6 Å². The van der Waals surface area contributed by atoms with Crippen LogP contribution < -0.4 is 5.56 Å². The molecule has 4 rings (SSSR count). The molecule has 0 N–H and O–H groups in total. The summed E-state index contributed by atoms with van der Waals surface area (Å²) in [5.74, 6) is 1.05. The molecular formula is C21H19ClN4OS. The van der Waals surface area contributed by atoms with E-state index in [0.717, 1.165) is 10.8 Å². The minimum absolute atomic E-state index is 0.143. The van der Waals surface area contributed by atoms with Crippen molar-refractivity contribution >= 4 is 29.0 Å². The van der Waals surface area contributed by atoms with Crippen molar-refractivity contribution < 1.29 is 0 Å². The van der Waals surface area contributed by atoms with E-state index < -0.39 is 0 Å². The van der Waals surface area contributed by atoms with Gasteiger partial charge in [-0.15, -0.1) is 0 Å². The number of hydrogen-bond donors (Lipinski definition) is 0. The number of hydrogen-bond acceptors (Lipinski definition) is 4. The Morgan fingerprint density at radius 1 is 1.14 bits per heavy atom. The van der Waals surface area contributed by atoms with Crippen molar-refractivity contribution in [2.24, 2.45) is 0 Å². The highest BCUT2D eigenvalue weighted by Crippen LogP contribution is 2.24. The molecule has 7 heteroatoms. The zero-order chi connectivity index (χ0) is 19.7. The van der Waals surface area contributed by atoms with Gasteiger partial charge in [-0.1, -0.05) is 49.3 Å². The molecule has 4 aromatic rings. The molecule has 3 heterocycles. The predicted molar refractivity (Wildman–Crippen MR) is 114 cm³/mol. The molecule has 0 amide bonds. The Morgan fingerprint density at radius 3 is 2.68 bits per heavy atom. The number of benzene rings is 1. The summed E-state index contributed by atoms with van der Waals surface area (Å²) in [6, 6.07) is 13.5. The molecule has 0 saturated carbocycles. The van der Waals surface area contributed by atoms with Crippen molar-refractivity contribution in [1.82, 2.24) is 18.9 Å². The molecule has 0 spiro atoms. The summed E-state index contributed by atoms with van der Waals surface area (Å²) in [5.41, 5.74) is 3.52. The van der Waals surface area contributed by atoms with Crippen LogP contribution in [0.1, 0.15) is 31.0 Å². The van der Waals surface area contributed by atoms with E-state index in [-0.39, 0.29) is 5.56 Å².